The molecular formula is C19H16FNO2. The molecule has 1 N–H and O–H groups in total. The molecule has 0 heterocycles. The summed E-state index contributed by atoms with van der Waals surface area (Å²) >= 11 is 0. The number of nitrogens with one attached hydrogen (secondary N) is 1. The highest BCUT2D eigenvalue weighted by atomic mass is 19.1. The summed E-state index contributed by atoms with van der Waals surface area (Å²) in [5, 5.41) is 4.50. The topological polar surface area (TPSA) is 38.3 Å². The highest BCUT2D eigenvalue weighted by Crippen LogP contribution is 2.26. The van der Waals surface area contributed by atoms with Crippen molar-refractivity contribution in [1.29, 1.82) is 0 Å². The van der Waals surface area contributed by atoms with Gasteiger partial charge in [0.05, 0.1) is 5.69 Å². The summed E-state index contributed by atoms with van der Waals surface area (Å²) in [5.41, 5.74) is 0.144. The number of hydrogen-bond acceptors (Lipinski definition) is 2. The van der Waals surface area contributed by atoms with Crippen LogP contribution >= 0.6 is 0 Å². The van der Waals surface area contributed by atoms with Crippen molar-refractivity contribution in [3.63, 3.8) is 0 Å². The lowest BCUT2D eigenvalue weighted by Gasteiger charge is -2.16. The minimum Gasteiger partial charge on any atom is -0.480 e. The Labute approximate surface area is 133 Å². The highest BCUT2D eigenvalue weighted by Gasteiger charge is 2.17. The number of halogens is 1. The van der Waals surface area contributed by atoms with Crippen molar-refractivity contribution >= 4 is 22.4 Å². The van der Waals surface area contributed by atoms with Crippen LogP contribution in [0, 0.1) is 5.82 Å². The predicted molar refractivity (Wildman–Crippen MR) is 89.1 cm³/mol. The maximum absolute atomic E-state index is 13.6. The molecule has 0 spiro atoms. The fraction of sp³-hybridized carbons (Fsp3) is 0.105. The van der Waals surface area contributed by atoms with E-state index >= 15 is 0 Å². The first-order valence-electron chi connectivity index (χ1n) is 7.35. The van der Waals surface area contributed by atoms with E-state index in [0.29, 0.717) is 5.75 Å². The van der Waals surface area contributed by atoms with E-state index < -0.39 is 17.8 Å². The molecule has 1 amide bonds. The molecule has 3 aromatic rings. The Balaban J connectivity index is 1.77. The number of amides is 1. The third-order valence-corrected chi connectivity index (χ3v) is 3.55. The van der Waals surface area contributed by atoms with Gasteiger partial charge in [0.15, 0.2) is 6.10 Å². The van der Waals surface area contributed by atoms with Gasteiger partial charge in [-0.1, -0.05) is 48.5 Å². The molecular weight excluding hydrogens is 293 g/mol. The minimum absolute atomic E-state index is 0.144. The Kier molecular flexibility index (Phi) is 4.24. The van der Waals surface area contributed by atoms with E-state index in [-0.39, 0.29) is 5.69 Å². The Morgan fingerprint density at radius 3 is 2.52 bits per heavy atom. The normalized spacial score (nSPS) is 11.9. The largest absolute Gasteiger partial charge is 0.480 e. The zero-order valence-corrected chi connectivity index (χ0v) is 12.6. The molecule has 0 saturated carbocycles. The lowest BCUT2D eigenvalue weighted by Crippen LogP contribution is -2.30. The van der Waals surface area contributed by atoms with Crippen molar-refractivity contribution in [3.05, 3.63) is 72.5 Å². The van der Waals surface area contributed by atoms with Crippen LogP contribution in [0.2, 0.25) is 0 Å². The van der Waals surface area contributed by atoms with Crippen molar-refractivity contribution in [2.75, 3.05) is 5.32 Å². The molecule has 0 aromatic heterocycles. The van der Waals surface area contributed by atoms with Gasteiger partial charge in [0, 0.05) is 5.39 Å². The van der Waals surface area contributed by atoms with Gasteiger partial charge >= 0.3 is 0 Å². The monoisotopic (exact) mass is 309 g/mol. The van der Waals surface area contributed by atoms with E-state index in [9.17, 15) is 9.18 Å². The summed E-state index contributed by atoms with van der Waals surface area (Å²) in [7, 11) is 0. The summed E-state index contributed by atoms with van der Waals surface area (Å²) in [6, 6.07) is 19.5. The summed E-state index contributed by atoms with van der Waals surface area (Å²) in [6.07, 6.45) is -0.750. The first-order valence-corrected chi connectivity index (χ1v) is 7.35. The van der Waals surface area contributed by atoms with Gasteiger partial charge in [0.25, 0.3) is 5.91 Å². The van der Waals surface area contributed by atoms with Gasteiger partial charge < -0.3 is 10.1 Å². The second-order valence-electron chi connectivity index (χ2n) is 5.21. The molecule has 23 heavy (non-hydrogen) atoms. The number of benzene rings is 3. The first kappa shape index (κ1) is 15.0. The van der Waals surface area contributed by atoms with Gasteiger partial charge in [0.1, 0.15) is 11.6 Å². The Bertz CT molecular complexity index is 842. The van der Waals surface area contributed by atoms with Gasteiger partial charge in [-0.3, -0.25) is 4.79 Å². The smallest absolute Gasteiger partial charge is 0.265 e. The van der Waals surface area contributed by atoms with Crippen LogP contribution in [0.15, 0.2) is 66.7 Å². The van der Waals surface area contributed by atoms with Gasteiger partial charge in [-0.15, -0.1) is 0 Å². The van der Waals surface area contributed by atoms with Crippen molar-refractivity contribution in [1.82, 2.24) is 0 Å². The molecule has 0 aliphatic heterocycles. The summed E-state index contributed by atoms with van der Waals surface area (Å²) in [4.78, 5) is 12.2. The van der Waals surface area contributed by atoms with Crippen LogP contribution in [-0.2, 0) is 4.79 Å². The lowest BCUT2D eigenvalue weighted by atomic mass is 10.1. The third-order valence-electron chi connectivity index (χ3n) is 3.55. The minimum atomic E-state index is -0.750. The molecule has 3 rings (SSSR count). The van der Waals surface area contributed by atoms with E-state index in [0.717, 1.165) is 10.8 Å². The maximum atomic E-state index is 13.6. The molecule has 0 bridgehead atoms. The summed E-state index contributed by atoms with van der Waals surface area (Å²) < 4.78 is 19.4. The van der Waals surface area contributed by atoms with E-state index in [1.165, 1.54) is 12.1 Å². The van der Waals surface area contributed by atoms with Crippen LogP contribution in [0.4, 0.5) is 10.1 Å². The molecule has 0 saturated heterocycles. The van der Waals surface area contributed by atoms with Gasteiger partial charge in [-0.2, -0.15) is 0 Å². The van der Waals surface area contributed by atoms with Crippen LogP contribution in [-0.4, -0.2) is 12.0 Å². The fourth-order valence-corrected chi connectivity index (χ4v) is 2.34. The van der Waals surface area contributed by atoms with Gasteiger partial charge in [-0.25, -0.2) is 4.39 Å². The van der Waals surface area contributed by atoms with Crippen molar-refractivity contribution in [2.24, 2.45) is 0 Å². The van der Waals surface area contributed by atoms with Crippen molar-refractivity contribution in [3.8, 4) is 5.75 Å². The van der Waals surface area contributed by atoms with Crippen LogP contribution in [0.25, 0.3) is 10.8 Å². The zero-order valence-electron chi connectivity index (χ0n) is 12.6. The molecule has 3 nitrogen and oxygen atoms in total. The maximum Gasteiger partial charge on any atom is 0.265 e. The van der Waals surface area contributed by atoms with Crippen molar-refractivity contribution in [2.45, 2.75) is 13.0 Å². The van der Waals surface area contributed by atoms with Crippen LogP contribution < -0.4 is 10.1 Å². The Hall–Kier alpha value is -2.88. The Morgan fingerprint density at radius 1 is 1.00 bits per heavy atom. The fourth-order valence-electron chi connectivity index (χ4n) is 2.34. The molecule has 0 radical (unpaired) electrons. The molecule has 0 unspecified atom stereocenters. The predicted octanol–water partition coefficient (Wildman–Crippen LogP) is 4.38. The molecule has 0 aliphatic carbocycles. The van der Waals surface area contributed by atoms with Crippen LogP contribution in [0.3, 0.4) is 0 Å². The van der Waals surface area contributed by atoms with Crippen LogP contribution in [0.5, 0.6) is 5.75 Å². The molecule has 4 heteroatoms. The van der Waals surface area contributed by atoms with Gasteiger partial charge in [0.2, 0.25) is 0 Å². The number of ether oxygens (including phenoxy) is 1. The number of anilines is 1. The number of carbonyl (C=O) groups is 1. The van der Waals surface area contributed by atoms with E-state index in [2.05, 4.69) is 5.32 Å². The molecule has 116 valence electrons. The average molecular weight is 309 g/mol. The number of carbonyl (C=O) groups excluding carboxylic acids is 1. The average Bonchev–Trinajstić information content (AvgIpc) is 2.57. The molecule has 1 atom stereocenters. The lowest BCUT2D eigenvalue weighted by molar-refractivity contribution is -0.122. The third kappa shape index (κ3) is 3.31. The van der Waals surface area contributed by atoms with E-state index in [1.807, 2.05) is 42.5 Å². The number of fused-ring (bicyclic) bond motifs is 1. The van der Waals surface area contributed by atoms with Crippen molar-refractivity contribution < 1.29 is 13.9 Å². The second-order valence-corrected chi connectivity index (χ2v) is 5.21. The summed E-state index contributed by atoms with van der Waals surface area (Å²) in [6.45, 7) is 1.64. The molecule has 0 aliphatic rings. The number of para-hydroxylation sites is 1. The Morgan fingerprint density at radius 2 is 1.70 bits per heavy atom. The molecule has 0 fully saturated rings. The first-order chi connectivity index (χ1) is 11.1. The summed E-state index contributed by atoms with van der Waals surface area (Å²) in [5.74, 6) is -0.250. The number of rotatable bonds is 4. The zero-order chi connectivity index (χ0) is 16.2. The standard InChI is InChI=1S/C19H16FNO2/c1-13(19(22)21-17-11-5-4-10-16(17)20)23-18-12-6-8-14-7-2-3-9-15(14)18/h2-13H,1H3,(H,21,22)/t13-/m1/s1. The quantitative estimate of drug-likeness (QED) is 0.776. The number of hydrogen-bond donors (Lipinski definition) is 1. The van der Waals surface area contributed by atoms with Gasteiger partial charge in [-0.05, 0) is 30.5 Å². The van der Waals surface area contributed by atoms with E-state index in [4.69, 9.17) is 4.74 Å². The van der Waals surface area contributed by atoms with E-state index in [1.54, 1.807) is 19.1 Å². The second kappa shape index (κ2) is 6.48. The molecule has 3 aromatic carbocycles. The SMILES string of the molecule is C[C@@H](Oc1cccc2ccccc12)C(=O)Nc1ccccc1F. The van der Waals surface area contributed by atoms with Crippen LogP contribution in [0.1, 0.15) is 6.92 Å². The highest BCUT2D eigenvalue weighted by molar-refractivity contribution is 5.95.